The minimum atomic E-state index is -0.263. The molecule has 0 aromatic heterocycles. The maximum atomic E-state index is 11.9. The minimum absolute atomic E-state index is 0.148. The molecular formula is C17H15Cl2NO4. The number of halogens is 2. The topological polar surface area (TPSA) is 56.8 Å². The van der Waals surface area contributed by atoms with E-state index in [0.717, 1.165) is 11.3 Å². The van der Waals surface area contributed by atoms with Gasteiger partial charge in [-0.2, -0.15) is 0 Å². The molecule has 0 radical (unpaired) electrons. The van der Waals surface area contributed by atoms with Crippen LogP contribution in [0.2, 0.25) is 10.0 Å². The highest BCUT2D eigenvalue weighted by Gasteiger charge is 2.12. The van der Waals surface area contributed by atoms with Gasteiger partial charge in [-0.15, -0.1) is 0 Å². The molecule has 1 heterocycles. The Labute approximate surface area is 149 Å². The Balaban J connectivity index is 1.51. The summed E-state index contributed by atoms with van der Waals surface area (Å²) in [6, 6.07) is 10.4. The monoisotopic (exact) mass is 367 g/mol. The average Bonchev–Trinajstić information content (AvgIpc) is 2.60. The van der Waals surface area contributed by atoms with Crippen molar-refractivity contribution < 1.29 is 19.0 Å². The van der Waals surface area contributed by atoms with Crippen LogP contribution < -0.4 is 19.5 Å². The fraction of sp³-hybridized carbons (Fsp3) is 0.235. The van der Waals surface area contributed by atoms with E-state index in [1.807, 2.05) is 18.2 Å². The molecule has 1 aliphatic heterocycles. The Morgan fingerprint density at radius 3 is 2.71 bits per heavy atom. The van der Waals surface area contributed by atoms with E-state index in [1.165, 1.54) is 0 Å². The van der Waals surface area contributed by atoms with Crippen LogP contribution in [0.3, 0.4) is 0 Å². The second-order valence-electron chi connectivity index (χ2n) is 5.12. The Bertz CT molecular complexity index is 751. The summed E-state index contributed by atoms with van der Waals surface area (Å²) < 4.78 is 16.4. The van der Waals surface area contributed by atoms with Gasteiger partial charge in [-0.25, -0.2) is 0 Å². The van der Waals surface area contributed by atoms with Crippen LogP contribution in [0, 0.1) is 0 Å². The number of carbonyl (C=O) groups excluding carboxylic acids is 1. The van der Waals surface area contributed by atoms with E-state index >= 15 is 0 Å². The third kappa shape index (κ3) is 4.24. The first-order valence-electron chi connectivity index (χ1n) is 7.35. The highest BCUT2D eigenvalue weighted by Crippen LogP contribution is 2.30. The normalized spacial score (nSPS) is 12.6. The summed E-state index contributed by atoms with van der Waals surface area (Å²) in [7, 11) is 0. The zero-order chi connectivity index (χ0) is 16.9. The van der Waals surface area contributed by atoms with Gasteiger partial charge in [0.25, 0.3) is 5.91 Å². The first-order valence-corrected chi connectivity index (χ1v) is 8.10. The van der Waals surface area contributed by atoms with Crippen molar-refractivity contribution in [3.63, 3.8) is 0 Å². The van der Waals surface area contributed by atoms with Gasteiger partial charge in [0.2, 0.25) is 0 Å². The maximum Gasteiger partial charge on any atom is 0.258 e. The van der Waals surface area contributed by atoms with Crippen molar-refractivity contribution in [1.29, 1.82) is 0 Å². The van der Waals surface area contributed by atoms with E-state index in [2.05, 4.69) is 5.32 Å². The summed E-state index contributed by atoms with van der Waals surface area (Å²) in [5, 5.41) is 3.67. The molecule has 24 heavy (non-hydrogen) atoms. The van der Waals surface area contributed by atoms with Crippen molar-refractivity contribution in [2.45, 2.75) is 6.54 Å². The van der Waals surface area contributed by atoms with Crippen molar-refractivity contribution in [3.8, 4) is 17.2 Å². The fourth-order valence-electron chi connectivity index (χ4n) is 2.18. The number of hydrogen-bond donors (Lipinski definition) is 1. The Kier molecular flexibility index (Phi) is 5.33. The molecule has 2 aromatic carbocycles. The summed E-state index contributed by atoms with van der Waals surface area (Å²) in [5.74, 6) is 1.52. The van der Waals surface area contributed by atoms with Gasteiger partial charge in [0.15, 0.2) is 18.1 Å². The van der Waals surface area contributed by atoms with Crippen LogP contribution >= 0.6 is 23.2 Å². The van der Waals surface area contributed by atoms with Crippen LogP contribution in [-0.4, -0.2) is 25.7 Å². The summed E-state index contributed by atoms with van der Waals surface area (Å²) in [5.41, 5.74) is 0.911. The molecule has 1 aliphatic rings. The molecular weight excluding hydrogens is 353 g/mol. The zero-order valence-electron chi connectivity index (χ0n) is 12.7. The molecule has 0 bridgehead atoms. The van der Waals surface area contributed by atoms with Crippen molar-refractivity contribution >= 4 is 29.1 Å². The SMILES string of the molecule is O=C(COc1cc(Cl)ccc1Cl)NCc1ccc2c(c1)OCCO2. The number of rotatable bonds is 5. The van der Waals surface area contributed by atoms with Gasteiger partial charge in [0, 0.05) is 17.6 Å². The standard InChI is InChI=1S/C17H15Cl2NO4/c18-12-2-3-13(19)15(8-12)24-10-17(21)20-9-11-1-4-14-16(7-11)23-6-5-22-14/h1-4,7-8H,5-6,9-10H2,(H,20,21). The lowest BCUT2D eigenvalue weighted by molar-refractivity contribution is -0.123. The zero-order valence-corrected chi connectivity index (χ0v) is 14.2. The van der Waals surface area contributed by atoms with Crippen molar-refractivity contribution in [2.24, 2.45) is 0 Å². The van der Waals surface area contributed by atoms with Gasteiger partial charge in [-0.05, 0) is 29.8 Å². The highest BCUT2D eigenvalue weighted by molar-refractivity contribution is 6.34. The largest absolute Gasteiger partial charge is 0.486 e. The van der Waals surface area contributed by atoms with Gasteiger partial charge in [0.1, 0.15) is 19.0 Å². The van der Waals surface area contributed by atoms with Crippen molar-refractivity contribution in [1.82, 2.24) is 5.32 Å². The van der Waals surface area contributed by atoms with Crippen LogP contribution in [0.5, 0.6) is 17.2 Å². The lowest BCUT2D eigenvalue weighted by Gasteiger charge is -2.19. The highest BCUT2D eigenvalue weighted by atomic mass is 35.5. The van der Waals surface area contributed by atoms with Gasteiger partial charge >= 0.3 is 0 Å². The molecule has 5 nitrogen and oxygen atoms in total. The number of fused-ring (bicyclic) bond motifs is 1. The van der Waals surface area contributed by atoms with Gasteiger partial charge in [-0.3, -0.25) is 4.79 Å². The van der Waals surface area contributed by atoms with Crippen LogP contribution in [0.15, 0.2) is 36.4 Å². The third-order valence-corrected chi connectivity index (χ3v) is 3.90. The van der Waals surface area contributed by atoms with Crippen molar-refractivity contribution in [2.75, 3.05) is 19.8 Å². The fourth-order valence-corrected chi connectivity index (χ4v) is 2.51. The molecule has 1 amide bonds. The molecule has 0 saturated heterocycles. The lowest BCUT2D eigenvalue weighted by Crippen LogP contribution is -2.28. The maximum absolute atomic E-state index is 11.9. The summed E-state index contributed by atoms with van der Waals surface area (Å²) in [6.45, 7) is 1.29. The summed E-state index contributed by atoms with van der Waals surface area (Å²) >= 11 is 11.8. The summed E-state index contributed by atoms with van der Waals surface area (Å²) in [4.78, 5) is 11.9. The minimum Gasteiger partial charge on any atom is -0.486 e. The number of hydrogen-bond acceptors (Lipinski definition) is 4. The van der Waals surface area contributed by atoms with Crippen LogP contribution in [0.1, 0.15) is 5.56 Å². The van der Waals surface area contributed by atoms with E-state index < -0.39 is 0 Å². The van der Waals surface area contributed by atoms with Crippen molar-refractivity contribution in [3.05, 3.63) is 52.0 Å². The third-order valence-electron chi connectivity index (χ3n) is 3.35. The predicted octanol–water partition coefficient (Wildman–Crippen LogP) is 3.46. The molecule has 126 valence electrons. The number of amides is 1. The van der Waals surface area contributed by atoms with E-state index in [1.54, 1.807) is 18.2 Å². The number of ether oxygens (including phenoxy) is 3. The molecule has 0 spiro atoms. The molecule has 0 unspecified atom stereocenters. The second kappa shape index (κ2) is 7.64. The Morgan fingerprint density at radius 1 is 1.08 bits per heavy atom. The number of nitrogens with one attached hydrogen (secondary N) is 1. The molecule has 3 rings (SSSR count). The van der Waals surface area contributed by atoms with E-state index in [4.69, 9.17) is 37.4 Å². The van der Waals surface area contributed by atoms with Gasteiger partial charge in [0.05, 0.1) is 5.02 Å². The van der Waals surface area contributed by atoms with Crippen LogP contribution in [0.25, 0.3) is 0 Å². The molecule has 2 aromatic rings. The number of carbonyl (C=O) groups is 1. The van der Waals surface area contributed by atoms with E-state index in [-0.39, 0.29) is 12.5 Å². The Morgan fingerprint density at radius 2 is 1.88 bits per heavy atom. The first kappa shape index (κ1) is 16.7. The smallest absolute Gasteiger partial charge is 0.258 e. The molecule has 0 atom stereocenters. The van der Waals surface area contributed by atoms with E-state index in [0.29, 0.717) is 41.3 Å². The molecule has 0 fully saturated rings. The van der Waals surface area contributed by atoms with Gasteiger partial charge in [-0.1, -0.05) is 29.3 Å². The molecule has 0 aliphatic carbocycles. The molecule has 0 saturated carbocycles. The van der Waals surface area contributed by atoms with Gasteiger partial charge < -0.3 is 19.5 Å². The van der Waals surface area contributed by atoms with Crippen LogP contribution in [-0.2, 0) is 11.3 Å². The predicted molar refractivity (Wildman–Crippen MR) is 91.2 cm³/mol. The first-order chi connectivity index (χ1) is 11.6. The summed E-state index contributed by atoms with van der Waals surface area (Å²) in [6.07, 6.45) is 0. The molecule has 1 N–H and O–H groups in total. The Hall–Kier alpha value is -2.11. The molecule has 7 heteroatoms. The second-order valence-corrected chi connectivity index (χ2v) is 5.96. The van der Waals surface area contributed by atoms with E-state index in [9.17, 15) is 4.79 Å². The number of benzene rings is 2. The average molecular weight is 368 g/mol. The quantitative estimate of drug-likeness (QED) is 0.878. The van der Waals surface area contributed by atoms with Crippen LogP contribution in [0.4, 0.5) is 0 Å². The lowest BCUT2D eigenvalue weighted by atomic mass is 10.2.